The van der Waals surface area contributed by atoms with Crippen LogP contribution >= 0.6 is 63.1 Å². The summed E-state index contributed by atoms with van der Waals surface area (Å²) in [5, 5.41) is -0.525. The van der Waals surface area contributed by atoms with E-state index in [1.165, 1.54) is 0 Å². The smallest absolute Gasteiger partial charge is 0.320 e. The lowest BCUT2D eigenvalue weighted by molar-refractivity contribution is -0.145. The molecule has 0 aliphatic rings. The Kier molecular flexibility index (Phi) is 6.74. The van der Waals surface area contributed by atoms with Gasteiger partial charge in [0.25, 0.3) is 0 Å². The second-order valence-electron chi connectivity index (χ2n) is 3.27. The van der Waals surface area contributed by atoms with Gasteiger partial charge in [-0.15, -0.1) is 25.3 Å². The van der Waals surface area contributed by atoms with Gasteiger partial charge in [0, 0.05) is 0 Å². The third-order valence-corrected chi connectivity index (χ3v) is 4.64. The SMILES string of the molecule is CCCC(S)(S)C(S)(S)OC(=O)C(C)S. The van der Waals surface area contributed by atoms with Crippen LogP contribution in [0.2, 0.25) is 0 Å². The van der Waals surface area contributed by atoms with Gasteiger partial charge in [-0.2, -0.15) is 37.9 Å². The summed E-state index contributed by atoms with van der Waals surface area (Å²) in [5.41, 5.74) is 0. The third-order valence-electron chi connectivity index (χ3n) is 1.70. The van der Waals surface area contributed by atoms with Crippen LogP contribution in [0, 0.1) is 0 Å². The minimum Gasteiger partial charge on any atom is -0.435 e. The molecule has 7 heteroatoms. The van der Waals surface area contributed by atoms with Crippen molar-refractivity contribution < 1.29 is 9.53 Å². The highest BCUT2D eigenvalue weighted by atomic mass is 32.2. The molecule has 0 amide bonds. The Morgan fingerprint density at radius 2 is 1.80 bits per heavy atom. The van der Waals surface area contributed by atoms with Crippen molar-refractivity contribution >= 4 is 69.1 Å². The number of esters is 1. The van der Waals surface area contributed by atoms with Crippen LogP contribution in [0.25, 0.3) is 0 Å². The van der Waals surface area contributed by atoms with E-state index in [1.54, 1.807) is 6.92 Å². The maximum absolute atomic E-state index is 11.3. The minimum atomic E-state index is -1.33. The topological polar surface area (TPSA) is 26.3 Å². The molecule has 0 aliphatic carbocycles. The maximum atomic E-state index is 11.3. The summed E-state index contributed by atoms with van der Waals surface area (Å²) in [4.78, 5) is 11.3. The van der Waals surface area contributed by atoms with Crippen molar-refractivity contribution in [3.63, 3.8) is 0 Å². The van der Waals surface area contributed by atoms with Gasteiger partial charge in [0.05, 0.1) is 5.25 Å². The van der Waals surface area contributed by atoms with Gasteiger partial charge >= 0.3 is 5.97 Å². The molecule has 0 saturated heterocycles. The average molecular weight is 305 g/mol. The fourth-order valence-corrected chi connectivity index (χ4v) is 1.81. The Labute approximate surface area is 118 Å². The largest absolute Gasteiger partial charge is 0.435 e. The van der Waals surface area contributed by atoms with E-state index in [1.807, 2.05) is 6.92 Å². The maximum Gasteiger partial charge on any atom is 0.320 e. The number of carbonyl (C=O) groups excluding carboxylic acids is 1. The van der Waals surface area contributed by atoms with E-state index in [0.29, 0.717) is 6.42 Å². The van der Waals surface area contributed by atoms with Crippen LogP contribution in [0.15, 0.2) is 0 Å². The quantitative estimate of drug-likeness (QED) is 0.307. The second kappa shape index (κ2) is 6.23. The average Bonchev–Trinajstić information content (AvgIpc) is 2.02. The summed E-state index contributed by atoms with van der Waals surface area (Å²) in [5.74, 6) is -0.494. The second-order valence-corrected chi connectivity index (χ2v) is 7.54. The number of ether oxygens (including phenoxy) is 1. The molecule has 2 nitrogen and oxygen atoms in total. The zero-order chi connectivity index (χ0) is 12.3. The summed E-state index contributed by atoms with van der Waals surface area (Å²) < 4.78 is 2.85. The first-order chi connectivity index (χ1) is 6.64. The lowest BCUT2D eigenvalue weighted by Crippen LogP contribution is -2.42. The Morgan fingerprint density at radius 3 is 2.13 bits per heavy atom. The van der Waals surface area contributed by atoms with E-state index in [9.17, 15) is 4.79 Å². The Hall–Kier alpha value is 1.22. The van der Waals surface area contributed by atoms with Crippen molar-refractivity contribution in [2.45, 2.75) is 40.3 Å². The van der Waals surface area contributed by atoms with Gasteiger partial charge in [0.2, 0.25) is 4.27 Å². The first kappa shape index (κ1) is 16.2. The Balaban J connectivity index is 4.59. The van der Waals surface area contributed by atoms with Crippen molar-refractivity contribution in [2.24, 2.45) is 0 Å². The zero-order valence-electron chi connectivity index (χ0n) is 8.54. The molecule has 0 N–H and O–H groups in total. The van der Waals surface area contributed by atoms with Crippen LogP contribution < -0.4 is 0 Å². The fourth-order valence-electron chi connectivity index (χ4n) is 0.819. The van der Waals surface area contributed by atoms with E-state index >= 15 is 0 Å². The standard InChI is InChI=1S/C8H16O2S5/c1-3-4-7(12,13)8(14,15)10-6(9)5(2)11/h5,11-15H,3-4H2,1-2H3. The monoisotopic (exact) mass is 304 g/mol. The lowest BCUT2D eigenvalue weighted by atomic mass is 10.2. The van der Waals surface area contributed by atoms with E-state index in [-0.39, 0.29) is 0 Å². The molecule has 0 bridgehead atoms. The Morgan fingerprint density at radius 1 is 1.33 bits per heavy atom. The molecule has 0 aromatic rings. The molecule has 0 aliphatic heterocycles. The summed E-state index contributed by atoms with van der Waals surface area (Å²) in [6.07, 6.45) is 1.45. The van der Waals surface area contributed by atoms with Crippen molar-refractivity contribution in [2.75, 3.05) is 0 Å². The summed E-state index contributed by atoms with van der Waals surface area (Å²) in [6, 6.07) is 0. The number of rotatable bonds is 5. The molecule has 0 aromatic heterocycles. The summed E-state index contributed by atoms with van der Waals surface area (Å²) in [7, 11) is 0. The van der Waals surface area contributed by atoms with Crippen molar-refractivity contribution in [3.05, 3.63) is 0 Å². The lowest BCUT2D eigenvalue weighted by Gasteiger charge is -2.37. The normalized spacial score (nSPS) is 14.9. The number of hydrogen-bond donors (Lipinski definition) is 5. The summed E-state index contributed by atoms with van der Waals surface area (Å²) in [6.45, 7) is 3.59. The highest BCUT2D eigenvalue weighted by Crippen LogP contribution is 2.45. The van der Waals surface area contributed by atoms with Crippen LogP contribution in [-0.4, -0.2) is 19.6 Å². The Bertz CT molecular complexity index is 227. The highest BCUT2D eigenvalue weighted by molar-refractivity contribution is 8.07. The van der Waals surface area contributed by atoms with Gasteiger partial charge < -0.3 is 4.74 Å². The van der Waals surface area contributed by atoms with E-state index in [2.05, 4.69) is 63.1 Å². The minimum absolute atomic E-state index is 0.494. The first-order valence-electron chi connectivity index (χ1n) is 4.44. The van der Waals surface area contributed by atoms with E-state index in [0.717, 1.165) is 6.42 Å². The van der Waals surface area contributed by atoms with Crippen LogP contribution in [-0.2, 0) is 9.53 Å². The molecule has 0 rings (SSSR count). The molecule has 1 atom stereocenters. The molecule has 1 unspecified atom stereocenters. The van der Waals surface area contributed by atoms with Crippen LogP contribution in [0.1, 0.15) is 26.7 Å². The van der Waals surface area contributed by atoms with Crippen LogP contribution in [0.3, 0.4) is 0 Å². The molecule has 0 aromatic carbocycles. The van der Waals surface area contributed by atoms with Gasteiger partial charge in [-0.1, -0.05) is 13.3 Å². The van der Waals surface area contributed by atoms with Crippen LogP contribution in [0.4, 0.5) is 0 Å². The predicted molar refractivity (Wildman–Crippen MR) is 80.9 cm³/mol. The third kappa shape index (κ3) is 4.93. The molecule has 0 radical (unpaired) electrons. The summed E-state index contributed by atoms with van der Waals surface area (Å²) >= 11 is 20.9. The number of carbonyl (C=O) groups is 1. The fraction of sp³-hybridized carbons (Fsp3) is 0.875. The molecule has 0 fully saturated rings. The number of hydrogen-bond acceptors (Lipinski definition) is 7. The van der Waals surface area contributed by atoms with E-state index in [4.69, 9.17) is 4.74 Å². The zero-order valence-corrected chi connectivity index (χ0v) is 13.0. The molecule has 0 saturated carbocycles. The van der Waals surface area contributed by atoms with Crippen LogP contribution in [0.5, 0.6) is 0 Å². The molecular weight excluding hydrogens is 288 g/mol. The van der Waals surface area contributed by atoms with Gasteiger partial charge in [-0.25, -0.2) is 0 Å². The molecular formula is C8H16O2S5. The van der Waals surface area contributed by atoms with Crippen molar-refractivity contribution in [3.8, 4) is 0 Å². The van der Waals surface area contributed by atoms with Crippen molar-refractivity contribution in [1.82, 2.24) is 0 Å². The first-order valence-corrected chi connectivity index (χ1v) is 6.75. The molecule has 0 spiro atoms. The molecule has 0 heterocycles. The van der Waals surface area contributed by atoms with Crippen molar-refractivity contribution in [1.29, 1.82) is 0 Å². The highest BCUT2D eigenvalue weighted by Gasteiger charge is 2.44. The van der Waals surface area contributed by atoms with Gasteiger partial charge in [-0.05, 0) is 13.3 Å². The molecule has 90 valence electrons. The molecule has 15 heavy (non-hydrogen) atoms. The predicted octanol–water partition coefficient (Wildman–Crippen LogP) is 2.72. The number of thiol groups is 5. The van der Waals surface area contributed by atoms with Gasteiger partial charge in [-0.3, -0.25) is 4.79 Å². The van der Waals surface area contributed by atoms with Gasteiger partial charge in [0.15, 0.2) is 0 Å². The van der Waals surface area contributed by atoms with Gasteiger partial charge in [0.1, 0.15) is 4.08 Å². The van der Waals surface area contributed by atoms with E-state index < -0.39 is 19.6 Å².